The number of halogens is 2. The van der Waals surface area contributed by atoms with Gasteiger partial charge in [0, 0.05) is 6.07 Å². The Hall–Kier alpha value is -2.05. The molecule has 1 rings (SSSR count). The average molecular weight is 273 g/mol. The Bertz CT molecular complexity index is 461. The van der Waals surface area contributed by atoms with Gasteiger partial charge in [-0.05, 0) is 13.8 Å². The SMILES string of the molecule is CCOC(=O)C(C(=O)OCC)c1ncc(F)cc1F. The first kappa shape index (κ1) is 15.0. The van der Waals surface area contributed by atoms with E-state index in [4.69, 9.17) is 0 Å². The third kappa shape index (κ3) is 3.70. The van der Waals surface area contributed by atoms with E-state index < -0.39 is 35.2 Å². The average Bonchev–Trinajstić information content (AvgIpc) is 2.33. The summed E-state index contributed by atoms with van der Waals surface area (Å²) in [7, 11) is 0. The minimum Gasteiger partial charge on any atom is -0.465 e. The molecule has 0 aromatic carbocycles. The van der Waals surface area contributed by atoms with Crippen LogP contribution in [0.15, 0.2) is 12.3 Å². The summed E-state index contributed by atoms with van der Waals surface area (Å²) in [4.78, 5) is 26.8. The monoisotopic (exact) mass is 273 g/mol. The molecule has 104 valence electrons. The number of nitrogens with zero attached hydrogens (tertiary/aromatic N) is 1. The van der Waals surface area contributed by atoms with Crippen LogP contribution < -0.4 is 0 Å². The first-order valence-electron chi connectivity index (χ1n) is 5.65. The smallest absolute Gasteiger partial charge is 0.326 e. The van der Waals surface area contributed by atoms with Crippen LogP contribution in [0.2, 0.25) is 0 Å². The van der Waals surface area contributed by atoms with E-state index in [1.54, 1.807) is 0 Å². The molecule has 0 radical (unpaired) electrons. The summed E-state index contributed by atoms with van der Waals surface area (Å²) >= 11 is 0. The molecular weight excluding hydrogens is 260 g/mol. The fraction of sp³-hybridized carbons (Fsp3) is 0.417. The lowest BCUT2D eigenvalue weighted by Crippen LogP contribution is -2.28. The second kappa shape index (κ2) is 6.77. The molecule has 19 heavy (non-hydrogen) atoms. The number of carbonyl (C=O) groups excluding carboxylic acids is 2. The van der Waals surface area contributed by atoms with Crippen molar-refractivity contribution in [2.75, 3.05) is 13.2 Å². The highest BCUT2D eigenvalue weighted by Crippen LogP contribution is 2.21. The van der Waals surface area contributed by atoms with E-state index in [1.807, 2.05) is 0 Å². The van der Waals surface area contributed by atoms with Crippen LogP contribution in [0, 0.1) is 11.6 Å². The molecule has 1 aromatic heterocycles. The van der Waals surface area contributed by atoms with Crippen molar-refractivity contribution < 1.29 is 27.8 Å². The molecule has 5 nitrogen and oxygen atoms in total. The van der Waals surface area contributed by atoms with Gasteiger partial charge < -0.3 is 9.47 Å². The number of pyridine rings is 1. The van der Waals surface area contributed by atoms with Gasteiger partial charge in [0.05, 0.1) is 19.4 Å². The van der Waals surface area contributed by atoms with Crippen LogP contribution in [0.1, 0.15) is 25.5 Å². The van der Waals surface area contributed by atoms with Crippen LogP contribution in [0.3, 0.4) is 0 Å². The molecule has 1 aromatic rings. The van der Waals surface area contributed by atoms with Gasteiger partial charge in [-0.3, -0.25) is 14.6 Å². The fourth-order valence-corrected chi connectivity index (χ4v) is 1.41. The highest BCUT2D eigenvalue weighted by atomic mass is 19.1. The van der Waals surface area contributed by atoms with Crippen molar-refractivity contribution in [3.05, 3.63) is 29.6 Å². The summed E-state index contributed by atoms with van der Waals surface area (Å²) in [5, 5.41) is 0. The van der Waals surface area contributed by atoms with Gasteiger partial charge in [0.2, 0.25) is 0 Å². The number of ether oxygens (including phenoxy) is 2. The number of carbonyl (C=O) groups is 2. The molecule has 0 amide bonds. The fourth-order valence-electron chi connectivity index (χ4n) is 1.41. The van der Waals surface area contributed by atoms with Crippen LogP contribution in [0.4, 0.5) is 8.78 Å². The topological polar surface area (TPSA) is 65.5 Å². The number of esters is 2. The standard InChI is InChI=1S/C12H13F2NO4/c1-3-18-11(16)9(12(17)19-4-2)10-8(14)5-7(13)6-15-10/h5-6,9H,3-4H2,1-2H3. The molecule has 0 fully saturated rings. The van der Waals surface area contributed by atoms with Crippen molar-refractivity contribution in [2.24, 2.45) is 0 Å². The third-order valence-electron chi connectivity index (χ3n) is 2.15. The van der Waals surface area contributed by atoms with Crippen molar-refractivity contribution in [2.45, 2.75) is 19.8 Å². The van der Waals surface area contributed by atoms with Crippen molar-refractivity contribution in [3.8, 4) is 0 Å². The molecule has 0 bridgehead atoms. The van der Waals surface area contributed by atoms with Crippen LogP contribution in [-0.2, 0) is 19.1 Å². The van der Waals surface area contributed by atoms with Gasteiger partial charge >= 0.3 is 11.9 Å². The van der Waals surface area contributed by atoms with E-state index in [9.17, 15) is 18.4 Å². The second-order valence-corrected chi connectivity index (χ2v) is 3.46. The van der Waals surface area contributed by atoms with E-state index in [2.05, 4.69) is 14.5 Å². The molecule has 0 saturated heterocycles. The lowest BCUT2D eigenvalue weighted by Gasteiger charge is -2.14. The molecule has 0 saturated carbocycles. The third-order valence-corrected chi connectivity index (χ3v) is 2.15. The molecule has 0 unspecified atom stereocenters. The van der Waals surface area contributed by atoms with E-state index >= 15 is 0 Å². The predicted octanol–water partition coefficient (Wildman–Crippen LogP) is 1.57. The highest BCUT2D eigenvalue weighted by molar-refractivity contribution is 6.00. The van der Waals surface area contributed by atoms with Gasteiger partial charge in [-0.2, -0.15) is 0 Å². The quantitative estimate of drug-likeness (QED) is 0.602. The summed E-state index contributed by atoms with van der Waals surface area (Å²) in [6.45, 7) is 3.10. The number of hydrogen-bond acceptors (Lipinski definition) is 5. The zero-order chi connectivity index (χ0) is 14.4. The van der Waals surface area contributed by atoms with Crippen molar-refractivity contribution in [1.29, 1.82) is 0 Å². The highest BCUT2D eigenvalue weighted by Gasteiger charge is 2.35. The largest absolute Gasteiger partial charge is 0.465 e. The minimum atomic E-state index is -1.65. The van der Waals surface area contributed by atoms with E-state index in [0.717, 1.165) is 0 Å². The lowest BCUT2D eigenvalue weighted by atomic mass is 10.0. The first-order chi connectivity index (χ1) is 9.01. The first-order valence-corrected chi connectivity index (χ1v) is 5.65. The molecular formula is C12H13F2NO4. The number of rotatable bonds is 5. The normalized spacial score (nSPS) is 10.4. The Labute approximate surface area is 108 Å². The van der Waals surface area contributed by atoms with E-state index in [1.165, 1.54) is 13.8 Å². The molecule has 0 atom stereocenters. The maximum Gasteiger partial charge on any atom is 0.326 e. The Balaban J connectivity index is 3.14. The molecule has 1 heterocycles. The molecule has 0 spiro atoms. The summed E-state index contributed by atoms with van der Waals surface area (Å²) in [6, 6.07) is 0.536. The van der Waals surface area contributed by atoms with Crippen molar-refractivity contribution >= 4 is 11.9 Å². The Kier molecular flexibility index (Phi) is 5.35. The van der Waals surface area contributed by atoms with E-state index in [-0.39, 0.29) is 13.2 Å². The maximum absolute atomic E-state index is 13.6. The van der Waals surface area contributed by atoms with Crippen LogP contribution >= 0.6 is 0 Å². The van der Waals surface area contributed by atoms with Gasteiger partial charge in [0.1, 0.15) is 17.3 Å². The Morgan fingerprint density at radius 1 is 1.21 bits per heavy atom. The van der Waals surface area contributed by atoms with Gasteiger partial charge in [-0.15, -0.1) is 0 Å². The zero-order valence-electron chi connectivity index (χ0n) is 10.5. The Morgan fingerprint density at radius 2 is 1.74 bits per heavy atom. The van der Waals surface area contributed by atoms with E-state index in [0.29, 0.717) is 12.3 Å². The number of aromatic nitrogens is 1. The molecule has 0 aliphatic heterocycles. The molecule has 0 N–H and O–H groups in total. The van der Waals surface area contributed by atoms with Gasteiger partial charge in [-0.1, -0.05) is 0 Å². The van der Waals surface area contributed by atoms with Crippen molar-refractivity contribution in [1.82, 2.24) is 4.98 Å². The number of hydrogen-bond donors (Lipinski definition) is 0. The maximum atomic E-state index is 13.6. The summed E-state index contributed by atoms with van der Waals surface area (Å²) in [5.74, 6) is -5.64. The van der Waals surface area contributed by atoms with Crippen LogP contribution in [0.5, 0.6) is 0 Å². The summed E-state index contributed by atoms with van der Waals surface area (Å²) < 4.78 is 35.7. The predicted molar refractivity (Wildman–Crippen MR) is 60.2 cm³/mol. The second-order valence-electron chi connectivity index (χ2n) is 3.46. The van der Waals surface area contributed by atoms with Crippen LogP contribution in [0.25, 0.3) is 0 Å². The van der Waals surface area contributed by atoms with Gasteiger partial charge in [0.25, 0.3) is 0 Å². The van der Waals surface area contributed by atoms with Gasteiger partial charge in [-0.25, -0.2) is 8.78 Å². The molecule has 0 aliphatic carbocycles. The Morgan fingerprint density at radius 3 is 2.16 bits per heavy atom. The van der Waals surface area contributed by atoms with Crippen LogP contribution in [-0.4, -0.2) is 30.1 Å². The molecule has 0 aliphatic rings. The van der Waals surface area contributed by atoms with Crippen molar-refractivity contribution in [3.63, 3.8) is 0 Å². The summed E-state index contributed by atoms with van der Waals surface area (Å²) in [5.41, 5.74) is -0.515. The van der Waals surface area contributed by atoms with Gasteiger partial charge in [0.15, 0.2) is 5.92 Å². The molecule has 7 heteroatoms. The zero-order valence-corrected chi connectivity index (χ0v) is 10.5. The summed E-state index contributed by atoms with van der Waals surface area (Å²) in [6.07, 6.45) is 0.712. The minimum absolute atomic E-state index is 0.0115. The lowest BCUT2D eigenvalue weighted by molar-refractivity contribution is -0.157.